The number of sulfonamides is 1. The minimum Gasteiger partial charge on any atom is -0.345 e. The second-order valence-corrected chi connectivity index (χ2v) is 10.0. The molecule has 4 aromatic rings. The molecule has 0 aliphatic heterocycles. The van der Waals surface area contributed by atoms with Gasteiger partial charge in [0.25, 0.3) is 15.9 Å². The van der Waals surface area contributed by atoms with Crippen LogP contribution in [0.5, 0.6) is 0 Å². The lowest BCUT2D eigenvalue weighted by atomic mass is 10.0. The number of fused-ring (bicyclic) bond motifs is 1. The number of amides is 1. The van der Waals surface area contributed by atoms with Crippen molar-refractivity contribution in [2.75, 3.05) is 18.8 Å². The molecule has 168 valence electrons. The maximum Gasteiger partial charge on any atom is 0.261 e. The largest absolute Gasteiger partial charge is 0.345 e. The van der Waals surface area contributed by atoms with E-state index < -0.39 is 10.0 Å². The predicted octanol–water partition coefficient (Wildman–Crippen LogP) is 5.71. The Bertz CT molecular complexity index is 1480. The molecule has 6 nitrogen and oxygen atoms in total. The summed E-state index contributed by atoms with van der Waals surface area (Å²) in [6, 6.07) is 18.3. The van der Waals surface area contributed by atoms with Gasteiger partial charge in [-0.15, -0.1) is 0 Å². The molecule has 1 heterocycles. The van der Waals surface area contributed by atoms with E-state index in [-0.39, 0.29) is 21.5 Å². The second kappa shape index (κ2) is 9.02. The number of benzene rings is 3. The first-order chi connectivity index (χ1) is 15.7. The summed E-state index contributed by atoms with van der Waals surface area (Å²) in [6.07, 6.45) is 1.66. The van der Waals surface area contributed by atoms with Gasteiger partial charge in [-0.05, 0) is 47.9 Å². The highest BCUT2D eigenvalue weighted by Gasteiger charge is 2.20. The molecule has 0 radical (unpaired) electrons. The van der Waals surface area contributed by atoms with Crippen LogP contribution in [0.1, 0.15) is 10.4 Å². The van der Waals surface area contributed by atoms with Crippen molar-refractivity contribution in [3.05, 3.63) is 88.5 Å². The maximum absolute atomic E-state index is 13.1. The van der Waals surface area contributed by atoms with Crippen LogP contribution in [-0.4, -0.2) is 38.3 Å². The van der Waals surface area contributed by atoms with Gasteiger partial charge in [-0.25, -0.2) is 8.42 Å². The summed E-state index contributed by atoms with van der Waals surface area (Å²) in [4.78, 5) is 18.0. The molecule has 0 aliphatic carbocycles. The van der Waals surface area contributed by atoms with Gasteiger partial charge < -0.3 is 4.90 Å². The third kappa shape index (κ3) is 4.66. The monoisotopic (exact) mass is 499 g/mol. The van der Waals surface area contributed by atoms with E-state index in [0.717, 1.165) is 10.8 Å². The average Bonchev–Trinajstić information content (AvgIpc) is 2.79. The van der Waals surface area contributed by atoms with Gasteiger partial charge in [0.1, 0.15) is 0 Å². The van der Waals surface area contributed by atoms with Crippen LogP contribution in [0.15, 0.2) is 77.8 Å². The Morgan fingerprint density at radius 3 is 2.42 bits per heavy atom. The summed E-state index contributed by atoms with van der Waals surface area (Å²) in [5, 5.41) is 2.30. The Labute approximate surface area is 201 Å². The molecule has 3 aromatic carbocycles. The molecule has 1 N–H and O–H groups in total. The molecule has 0 saturated heterocycles. The van der Waals surface area contributed by atoms with Crippen molar-refractivity contribution >= 4 is 55.6 Å². The van der Waals surface area contributed by atoms with Crippen LogP contribution < -0.4 is 4.72 Å². The molecule has 9 heteroatoms. The van der Waals surface area contributed by atoms with Crippen molar-refractivity contribution in [2.45, 2.75) is 4.90 Å². The highest BCUT2D eigenvalue weighted by Crippen LogP contribution is 2.34. The zero-order chi connectivity index (χ0) is 23.8. The van der Waals surface area contributed by atoms with Crippen molar-refractivity contribution in [3.8, 4) is 11.3 Å². The predicted molar refractivity (Wildman–Crippen MR) is 132 cm³/mol. The first-order valence-corrected chi connectivity index (χ1v) is 12.1. The standard InChI is InChI=1S/C24H19Cl2N3O3S/c1-29(2)24(30)16-7-10-22(21(26)13-16)28-33(31,32)17-8-9-20(25)19(14-17)23-18-6-4-3-5-15(18)11-12-27-23/h3-14,28H,1-2H3. The fraction of sp³-hybridized carbons (Fsp3) is 0.0833. The third-order valence-corrected chi connectivity index (χ3v) is 7.05. The van der Waals surface area contributed by atoms with Gasteiger partial charge in [0.15, 0.2) is 0 Å². The quantitative estimate of drug-likeness (QED) is 0.381. The van der Waals surface area contributed by atoms with Crippen molar-refractivity contribution in [2.24, 2.45) is 0 Å². The molecule has 4 rings (SSSR count). The van der Waals surface area contributed by atoms with E-state index in [0.29, 0.717) is 21.8 Å². The summed E-state index contributed by atoms with van der Waals surface area (Å²) in [5.41, 5.74) is 1.59. The first-order valence-electron chi connectivity index (χ1n) is 9.85. The van der Waals surface area contributed by atoms with E-state index in [1.165, 1.54) is 41.3 Å². The Morgan fingerprint density at radius 1 is 0.939 bits per heavy atom. The number of hydrogen-bond donors (Lipinski definition) is 1. The molecule has 0 atom stereocenters. The number of hydrogen-bond acceptors (Lipinski definition) is 4. The van der Waals surface area contributed by atoms with Crippen LogP contribution in [0.25, 0.3) is 22.0 Å². The first kappa shape index (κ1) is 23.0. The number of carbonyl (C=O) groups is 1. The van der Waals surface area contributed by atoms with Crippen LogP contribution in [0.3, 0.4) is 0 Å². The summed E-state index contributed by atoms with van der Waals surface area (Å²) in [6.45, 7) is 0. The molecule has 0 spiro atoms. The lowest BCUT2D eigenvalue weighted by Crippen LogP contribution is -2.21. The molecule has 33 heavy (non-hydrogen) atoms. The molecular weight excluding hydrogens is 481 g/mol. The molecule has 0 fully saturated rings. The molecule has 0 saturated carbocycles. The van der Waals surface area contributed by atoms with Crippen LogP contribution in [0, 0.1) is 0 Å². The molecule has 1 amide bonds. The van der Waals surface area contributed by atoms with Crippen LogP contribution in [0.2, 0.25) is 10.0 Å². The lowest BCUT2D eigenvalue weighted by molar-refractivity contribution is 0.0827. The molecular formula is C24H19Cl2N3O3S. The van der Waals surface area contributed by atoms with Crippen molar-refractivity contribution in [1.29, 1.82) is 0 Å². The number of rotatable bonds is 5. The number of anilines is 1. The number of pyridine rings is 1. The summed E-state index contributed by atoms with van der Waals surface area (Å²) in [7, 11) is -0.760. The van der Waals surface area contributed by atoms with Gasteiger partial charge in [-0.2, -0.15) is 0 Å². The second-order valence-electron chi connectivity index (χ2n) is 7.52. The van der Waals surface area contributed by atoms with E-state index >= 15 is 0 Å². The molecule has 1 aromatic heterocycles. The Hall–Kier alpha value is -3.13. The van der Waals surface area contributed by atoms with E-state index in [4.69, 9.17) is 23.2 Å². The fourth-order valence-electron chi connectivity index (χ4n) is 3.38. The topological polar surface area (TPSA) is 79.4 Å². The van der Waals surface area contributed by atoms with Gasteiger partial charge in [-0.3, -0.25) is 14.5 Å². The Balaban J connectivity index is 1.72. The maximum atomic E-state index is 13.1. The highest BCUT2D eigenvalue weighted by molar-refractivity contribution is 7.92. The Kier molecular flexibility index (Phi) is 6.30. The van der Waals surface area contributed by atoms with Gasteiger partial charge in [0, 0.05) is 36.8 Å². The Morgan fingerprint density at radius 2 is 1.70 bits per heavy atom. The van der Waals surface area contributed by atoms with Crippen molar-refractivity contribution in [3.63, 3.8) is 0 Å². The van der Waals surface area contributed by atoms with E-state index in [1.54, 1.807) is 20.3 Å². The van der Waals surface area contributed by atoms with E-state index in [9.17, 15) is 13.2 Å². The minimum absolute atomic E-state index is 0.00106. The summed E-state index contributed by atoms with van der Waals surface area (Å²) >= 11 is 12.7. The minimum atomic E-state index is -4.00. The highest BCUT2D eigenvalue weighted by atomic mass is 35.5. The lowest BCUT2D eigenvalue weighted by Gasteiger charge is -2.14. The zero-order valence-electron chi connectivity index (χ0n) is 17.7. The zero-order valence-corrected chi connectivity index (χ0v) is 20.0. The summed E-state index contributed by atoms with van der Waals surface area (Å²) < 4.78 is 28.7. The normalized spacial score (nSPS) is 11.4. The average molecular weight is 500 g/mol. The third-order valence-electron chi connectivity index (χ3n) is 5.04. The van der Waals surface area contributed by atoms with Crippen molar-refractivity contribution in [1.82, 2.24) is 9.88 Å². The van der Waals surface area contributed by atoms with Crippen LogP contribution in [-0.2, 0) is 10.0 Å². The molecule has 0 bridgehead atoms. The molecule has 0 aliphatic rings. The van der Waals surface area contributed by atoms with Crippen molar-refractivity contribution < 1.29 is 13.2 Å². The number of halogens is 2. The number of aromatic nitrogens is 1. The fourth-order valence-corrected chi connectivity index (χ4v) is 4.98. The van der Waals surface area contributed by atoms with E-state index in [1.807, 2.05) is 30.3 Å². The number of nitrogens with zero attached hydrogens (tertiary/aromatic N) is 2. The molecule has 0 unspecified atom stereocenters. The summed E-state index contributed by atoms with van der Waals surface area (Å²) in [5.74, 6) is -0.240. The van der Waals surface area contributed by atoms with E-state index in [2.05, 4.69) is 9.71 Å². The SMILES string of the molecule is CN(C)C(=O)c1ccc(NS(=O)(=O)c2ccc(Cl)c(-c3nccc4ccccc34)c2)c(Cl)c1. The number of nitrogens with one attached hydrogen (secondary N) is 1. The smallest absolute Gasteiger partial charge is 0.261 e. The van der Waals surface area contributed by atoms with Crippen LogP contribution in [0.4, 0.5) is 5.69 Å². The van der Waals surface area contributed by atoms with Gasteiger partial charge in [0.05, 0.1) is 26.3 Å². The van der Waals surface area contributed by atoms with Gasteiger partial charge in [0.2, 0.25) is 0 Å². The van der Waals surface area contributed by atoms with Gasteiger partial charge >= 0.3 is 0 Å². The van der Waals surface area contributed by atoms with Gasteiger partial charge in [-0.1, -0.05) is 47.5 Å². The van der Waals surface area contributed by atoms with Crippen LogP contribution >= 0.6 is 23.2 Å². The number of carbonyl (C=O) groups excluding carboxylic acids is 1.